The van der Waals surface area contributed by atoms with E-state index in [1.807, 2.05) is 30.9 Å². The Kier molecular flexibility index (Phi) is 4.87. The first-order valence-electron chi connectivity index (χ1n) is 8.69. The van der Waals surface area contributed by atoms with E-state index in [1.54, 1.807) is 6.20 Å². The Morgan fingerprint density at radius 1 is 1.21 bits per heavy atom. The normalized spacial score (nSPS) is 22.4. The van der Waals surface area contributed by atoms with Crippen molar-refractivity contribution in [2.24, 2.45) is 0 Å². The predicted octanol–water partition coefficient (Wildman–Crippen LogP) is 2.03. The van der Waals surface area contributed by atoms with Crippen LogP contribution in [0.4, 0.5) is 0 Å². The number of fused-ring (bicyclic) bond motifs is 1. The highest BCUT2D eigenvalue weighted by molar-refractivity contribution is 5.07. The van der Waals surface area contributed by atoms with Gasteiger partial charge in [-0.3, -0.25) is 9.88 Å². The molecule has 2 aromatic rings. The molecule has 0 aromatic carbocycles. The Morgan fingerprint density at radius 2 is 2.12 bits per heavy atom. The van der Waals surface area contributed by atoms with Crippen molar-refractivity contribution in [2.75, 3.05) is 26.4 Å². The Labute approximate surface area is 142 Å². The second kappa shape index (κ2) is 7.42. The molecule has 2 aliphatic rings. The second-order valence-corrected chi connectivity index (χ2v) is 6.60. The van der Waals surface area contributed by atoms with Crippen LogP contribution >= 0.6 is 0 Å². The molecule has 1 fully saturated rings. The third-order valence-corrected chi connectivity index (χ3v) is 4.96. The van der Waals surface area contributed by atoms with E-state index in [4.69, 9.17) is 9.47 Å². The zero-order chi connectivity index (χ0) is 16.2. The van der Waals surface area contributed by atoms with Gasteiger partial charge in [-0.1, -0.05) is 6.07 Å². The van der Waals surface area contributed by atoms with Crippen molar-refractivity contribution < 1.29 is 9.47 Å². The molecule has 1 unspecified atom stereocenters. The minimum absolute atomic E-state index is 0.316. The van der Waals surface area contributed by atoms with Crippen LogP contribution in [-0.2, 0) is 22.6 Å². The Bertz CT molecular complexity index is 639. The zero-order valence-electron chi connectivity index (χ0n) is 13.9. The van der Waals surface area contributed by atoms with Crippen molar-refractivity contribution in [1.29, 1.82) is 0 Å². The molecule has 0 aliphatic carbocycles. The van der Waals surface area contributed by atoms with Crippen LogP contribution in [0.15, 0.2) is 37.1 Å². The van der Waals surface area contributed by atoms with Gasteiger partial charge in [0.1, 0.15) is 0 Å². The summed E-state index contributed by atoms with van der Waals surface area (Å²) in [6.07, 6.45) is 9.81. The van der Waals surface area contributed by atoms with Crippen molar-refractivity contribution in [1.82, 2.24) is 19.4 Å². The summed E-state index contributed by atoms with van der Waals surface area (Å²) in [6.45, 7) is 5.04. The molecule has 2 aliphatic heterocycles. The molecular weight excluding hydrogens is 304 g/mol. The molecule has 4 heterocycles. The molecule has 128 valence electrons. The number of pyridine rings is 1. The summed E-state index contributed by atoms with van der Waals surface area (Å²) in [5.74, 6) is 0. The molecule has 0 amide bonds. The van der Waals surface area contributed by atoms with Gasteiger partial charge in [0, 0.05) is 50.9 Å². The SMILES string of the molecule is c1cncc(COCC2CN(C3CCOCC3)Cc3cncn32)c1. The first-order valence-corrected chi connectivity index (χ1v) is 8.69. The smallest absolute Gasteiger partial charge is 0.0952 e. The first-order chi connectivity index (χ1) is 11.9. The number of imidazole rings is 1. The molecule has 6 nitrogen and oxygen atoms in total. The summed E-state index contributed by atoms with van der Waals surface area (Å²) in [6, 6.07) is 4.92. The van der Waals surface area contributed by atoms with Crippen LogP contribution < -0.4 is 0 Å². The van der Waals surface area contributed by atoms with Gasteiger partial charge in [-0.05, 0) is 24.5 Å². The number of ether oxygens (including phenoxy) is 2. The molecule has 0 bridgehead atoms. The number of rotatable bonds is 5. The maximum absolute atomic E-state index is 5.98. The van der Waals surface area contributed by atoms with E-state index in [-0.39, 0.29) is 0 Å². The molecule has 6 heteroatoms. The minimum Gasteiger partial charge on any atom is -0.381 e. The lowest BCUT2D eigenvalue weighted by Crippen LogP contribution is -2.46. The van der Waals surface area contributed by atoms with Crippen LogP contribution in [0.25, 0.3) is 0 Å². The third-order valence-electron chi connectivity index (χ3n) is 4.96. The van der Waals surface area contributed by atoms with Gasteiger partial charge in [-0.25, -0.2) is 4.98 Å². The molecule has 2 aromatic heterocycles. The van der Waals surface area contributed by atoms with Gasteiger partial charge in [-0.15, -0.1) is 0 Å². The Morgan fingerprint density at radius 3 is 2.96 bits per heavy atom. The number of aromatic nitrogens is 3. The number of nitrogens with zero attached hydrogens (tertiary/aromatic N) is 4. The zero-order valence-corrected chi connectivity index (χ0v) is 13.9. The number of hydrogen-bond donors (Lipinski definition) is 0. The number of hydrogen-bond acceptors (Lipinski definition) is 5. The Balaban J connectivity index is 1.39. The predicted molar refractivity (Wildman–Crippen MR) is 89.4 cm³/mol. The molecule has 24 heavy (non-hydrogen) atoms. The van der Waals surface area contributed by atoms with E-state index in [0.29, 0.717) is 25.3 Å². The summed E-state index contributed by atoms with van der Waals surface area (Å²) in [4.78, 5) is 11.1. The maximum Gasteiger partial charge on any atom is 0.0952 e. The molecule has 1 atom stereocenters. The van der Waals surface area contributed by atoms with Crippen LogP contribution in [-0.4, -0.2) is 51.8 Å². The molecule has 0 saturated carbocycles. The lowest BCUT2D eigenvalue weighted by atomic mass is 10.0. The average molecular weight is 328 g/mol. The fourth-order valence-electron chi connectivity index (χ4n) is 3.67. The van der Waals surface area contributed by atoms with Gasteiger partial charge in [0.25, 0.3) is 0 Å². The maximum atomic E-state index is 5.98. The summed E-state index contributed by atoms with van der Waals surface area (Å²) >= 11 is 0. The fourth-order valence-corrected chi connectivity index (χ4v) is 3.67. The lowest BCUT2D eigenvalue weighted by molar-refractivity contribution is 0.00312. The average Bonchev–Trinajstić information content (AvgIpc) is 3.12. The second-order valence-electron chi connectivity index (χ2n) is 6.60. The van der Waals surface area contributed by atoms with E-state index < -0.39 is 0 Å². The molecule has 0 N–H and O–H groups in total. The van der Waals surface area contributed by atoms with E-state index in [0.717, 1.165) is 44.7 Å². The topological polar surface area (TPSA) is 52.4 Å². The molecule has 0 spiro atoms. The van der Waals surface area contributed by atoms with Gasteiger partial charge in [-0.2, -0.15) is 0 Å². The summed E-state index contributed by atoms with van der Waals surface area (Å²) in [5, 5.41) is 0. The molecular formula is C18H24N4O2. The van der Waals surface area contributed by atoms with Crippen molar-refractivity contribution in [3.63, 3.8) is 0 Å². The fraction of sp³-hybridized carbons (Fsp3) is 0.556. The van der Waals surface area contributed by atoms with Crippen LogP contribution in [0, 0.1) is 0 Å². The minimum atomic E-state index is 0.316. The van der Waals surface area contributed by atoms with Crippen molar-refractivity contribution in [2.45, 2.75) is 38.1 Å². The van der Waals surface area contributed by atoms with E-state index in [1.165, 1.54) is 5.69 Å². The third kappa shape index (κ3) is 3.50. The van der Waals surface area contributed by atoms with Gasteiger partial charge in [0.05, 0.1) is 31.3 Å². The highest BCUT2D eigenvalue weighted by Crippen LogP contribution is 2.26. The van der Waals surface area contributed by atoms with Crippen molar-refractivity contribution >= 4 is 0 Å². The van der Waals surface area contributed by atoms with Gasteiger partial charge >= 0.3 is 0 Å². The largest absolute Gasteiger partial charge is 0.381 e. The van der Waals surface area contributed by atoms with Gasteiger partial charge < -0.3 is 14.0 Å². The summed E-state index contributed by atoms with van der Waals surface area (Å²) in [5.41, 5.74) is 2.39. The van der Waals surface area contributed by atoms with Crippen LogP contribution in [0.1, 0.15) is 30.1 Å². The van der Waals surface area contributed by atoms with Crippen LogP contribution in [0.5, 0.6) is 0 Å². The molecule has 1 saturated heterocycles. The lowest BCUT2D eigenvalue weighted by Gasteiger charge is -2.40. The highest BCUT2D eigenvalue weighted by Gasteiger charge is 2.30. The van der Waals surface area contributed by atoms with Crippen LogP contribution in [0.3, 0.4) is 0 Å². The van der Waals surface area contributed by atoms with Crippen molar-refractivity contribution in [3.05, 3.63) is 48.3 Å². The summed E-state index contributed by atoms with van der Waals surface area (Å²) in [7, 11) is 0. The van der Waals surface area contributed by atoms with Crippen LogP contribution in [0.2, 0.25) is 0 Å². The molecule has 0 radical (unpaired) electrons. The van der Waals surface area contributed by atoms with Gasteiger partial charge in [0.15, 0.2) is 0 Å². The Hall–Kier alpha value is -1.76. The van der Waals surface area contributed by atoms with Gasteiger partial charge in [0.2, 0.25) is 0 Å². The van der Waals surface area contributed by atoms with Crippen molar-refractivity contribution in [3.8, 4) is 0 Å². The van der Waals surface area contributed by atoms with E-state index in [9.17, 15) is 0 Å². The summed E-state index contributed by atoms with van der Waals surface area (Å²) < 4.78 is 13.8. The standard InChI is InChI=1S/C18H24N4O2/c1-2-15(8-19-5-1)12-24-13-18-11-21(16-3-6-23-7-4-16)10-17-9-20-14-22(17)18/h1-2,5,8-9,14,16,18H,3-4,6-7,10-13H2. The highest BCUT2D eigenvalue weighted by atomic mass is 16.5. The molecule has 4 rings (SSSR count). The van der Waals surface area contributed by atoms with E-state index >= 15 is 0 Å². The quantitative estimate of drug-likeness (QED) is 0.841. The first kappa shape index (κ1) is 15.7. The monoisotopic (exact) mass is 328 g/mol. The van der Waals surface area contributed by atoms with E-state index in [2.05, 4.69) is 19.4 Å².